The third-order valence-electron chi connectivity index (χ3n) is 5.03. The van der Waals surface area contributed by atoms with E-state index in [0.29, 0.717) is 17.1 Å². The van der Waals surface area contributed by atoms with E-state index >= 15 is 0 Å². The molecule has 0 saturated carbocycles. The number of hydrogen-bond acceptors (Lipinski definition) is 5. The van der Waals surface area contributed by atoms with Crippen LogP contribution in [0.25, 0.3) is 5.57 Å². The summed E-state index contributed by atoms with van der Waals surface area (Å²) < 4.78 is 8.31. The van der Waals surface area contributed by atoms with Crippen LogP contribution < -0.4 is 5.32 Å². The van der Waals surface area contributed by atoms with Gasteiger partial charge in [0.2, 0.25) is 5.91 Å². The topological polar surface area (TPSA) is 76.5 Å². The van der Waals surface area contributed by atoms with Gasteiger partial charge in [-0.15, -0.1) is 0 Å². The second kappa shape index (κ2) is 9.94. The Bertz CT molecular complexity index is 1010. The van der Waals surface area contributed by atoms with Crippen LogP contribution in [0.1, 0.15) is 36.3 Å². The van der Waals surface area contributed by atoms with Gasteiger partial charge in [-0.25, -0.2) is 0 Å². The van der Waals surface area contributed by atoms with E-state index in [4.69, 9.17) is 16.3 Å². The summed E-state index contributed by atoms with van der Waals surface area (Å²) in [5.41, 5.74) is 4.01. The molecule has 164 valence electrons. The number of halogens is 1. The van der Waals surface area contributed by atoms with E-state index in [2.05, 4.69) is 10.4 Å². The molecule has 31 heavy (non-hydrogen) atoms. The van der Waals surface area contributed by atoms with Crippen molar-refractivity contribution >= 4 is 29.4 Å². The summed E-state index contributed by atoms with van der Waals surface area (Å²) in [6.45, 7) is 2.38. The maximum absolute atomic E-state index is 12.5. The summed E-state index contributed by atoms with van der Waals surface area (Å²) in [5, 5.41) is 7.90. The highest BCUT2D eigenvalue weighted by molar-refractivity contribution is 6.30. The number of carbonyl (C=O) groups excluding carboxylic acids is 2. The van der Waals surface area contributed by atoms with Crippen LogP contribution in [-0.2, 0) is 21.4 Å². The minimum absolute atomic E-state index is 0.0871. The molecular weight excluding hydrogens is 416 g/mol. The first kappa shape index (κ1) is 22.8. The maximum atomic E-state index is 12.5. The van der Waals surface area contributed by atoms with Gasteiger partial charge < -0.3 is 15.0 Å². The fraction of sp³-hybridized carbons (Fsp3) is 0.348. The fourth-order valence-corrected chi connectivity index (χ4v) is 3.86. The van der Waals surface area contributed by atoms with Crippen LogP contribution in [0.5, 0.6) is 0 Å². The number of aldehydes is 1. The summed E-state index contributed by atoms with van der Waals surface area (Å²) in [4.78, 5) is 26.0. The number of nitrogens with one attached hydrogen (secondary N) is 1. The molecule has 0 aliphatic carbocycles. The molecule has 2 unspecified atom stereocenters. The molecule has 1 aliphatic heterocycles. The number of allylic oxidation sites excluding steroid dienone is 1. The lowest BCUT2D eigenvalue weighted by atomic mass is 9.93. The molecule has 1 aliphatic rings. The van der Waals surface area contributed by atoms with Crippen LogP contribution in [0.4, 0.5) is 0 Å². The number of ether oxygens (including phenoxy) is 1. The van der Waals surface area contributed by atoms with Gasteiger partial charge in [-0.3, -0.25) is 14.3 Å². The highest BCUT2D eigenvalue weighted by Crippen LogP contribution is 2.42. The van der Waals surface area contributed by atoms with Gasteiger partial charge in [0.25, 0.3) is 0 Å². The first-order chi connectivity index (χ1) is 14.8. The first-order valence-corrected chi connectivity index (χ1v) is 10.5. The predicted octanol–water partition coefficient (Wildman–Crippen LogP) is 3.12. The summed E-state index contributed by atoms with van der Waals surface area (Å²) in [6.07, 6.45) is 4.85. The van der Waals surface area contributed by atoms with E-state index in [1.807, 2.05) is 51.3 Å². The Balaban J connectivity index is 2.22. The number of aryl methyl sites for hydroxylation is 1. The molecule has 0 spiro atoms. The molecule has 2 heterocycles. The van der Waals surface area contributed by atoms with Crippen molar-refractivity contribution in [2.45, 2.75) is 25.6 Å². The third kappa shape index (κ3) is 5.06. The minimum atomic E-state index is -0.629. The quantitative estimate of drug-likeness (QED) is 0.549. The second-order valence-electron chi connectivity index (χ2n) is 7.55. The fourth-order valence-electron chi connectivity index (χ4n) is 3.74. The molecule has 0 fully saturated rings. The van der Waals surface area contributed by atoms with E-state index in [0.717, 1.165) is 28.7 Å². The zero-order valence-corrected chi connectivity index (χ0v) is 18.9. The molecule has 1 aromatic heterocycles. The van der Waals surface area contributed by atoms with Gasteiger partial charge in [-0.1, -0.05) is 23.7 Å². The van der Waals surface area contributed by atoms with Crippen LogP contribution in [0.3, 0.4) is 0 Å². The van der Waals surface area contributed by atoms with Crippen LogP contribution in [0.15, 0.2) is 48.3 Å². The van der Waals surface area contributed by atoms with Crippen molar-refractivity contribution in [3.8, 4) is 0 Å². The van der Waals surface area contributed by atoms with Crippen molar-refractivity contribution in [3.05, 3.63) is 70.2 Å². The van der Waals surface area contributed by atoms with E-state index < -0.39 is 12.2 Å². The molecule has 1 amide bonds. The van der Waals surface area contributed by atoms with Crippen molar-refractivity contribution in [2.75, 3.05) is 20.6 Å². The highest BCUT2D eigenvalue weighted by Gasteiger charge is 2.36. The van der Waals surface area contributed by atoms with Crippen molar-refractivity contribution in [2.24, 2.45) is 7.05 Å². The Labute approximate surface area is 187 Å². The SMILES string of the molecule is CCNC(=O)CC1OC(c2ccc(Cl)cc2)c2c(cnn2C)C(=C/N(C)C)/C1=C\C=O. The van der Waals surface area contributed by atoms with E-state index in [1.165, 1.54) is 6.08 Å². The van der Waals surface area contributed by atoms with Crippen LogP contribution in [0, 0.1) is 0 Å². The van der Waals surface area contributed by atoms with Gasteiger partial charge in [-0.2, -0.15) is 5.10 Å². The van der Waals surface area contributed by atoms with E-state index in [9.17, 15) is 9.59 Å². The number of benzene rings is 1. The summed E-state index contributed by atoms with van der Waals surface area (Å²) in [7, 11) is 5.66. The Kier molecular flexibility index (Phi) is 7.30. The summed E-state index contributed by atoms with van der Waals surface area (Å²) in [6, 6.07) is 7.41. The first-order valence-electron chi connectivity index (χ1n) is 10.1. The zero-order valence-electron chi connectivity index (χ0n) is 18.1. The Morgan fingerprint density at radius 3 is 2.65 bits per heavy atom. The molecule has 0 saturated heterocycles. The van der Waals surface area contributed by atoms with Gasteiger partial charge in [0.15, 0.2) is 0 Å². The molecule has 8 heteroatoms. The van der Waals surface area contributed by atoms with Gasteiger partial charge in [0.1, 0.15) is 12.4 Å². The summed E-state index contributed by atoms with van der Waals surface area (Å²) >= 11 is 6.10. The van der Waals surface area contributed by atoms with Gasteiger partial charge in [0, 0.05) is 50.0 Å². The number of aromatic nitrogens is 2. The average molecular weight is 443 g/mol. The van der Waals surface area contributed by atoms with Crippen molar-refractivity contribution < 1.29 is 14.3 Å². The lowest BCUT2D eigenvalue weighted by Gasteiger charge is -2.24. The second-order valence-corrected chi connectivity index (χ2v) is 7.98. The molecule has 0 radical (unpaired) electrons. The number of hydrogen-bond donors (Lipinski definition) is 1. The van der Waals surface area contributed by atoms with Crippen LogP contribution in [-0.4, -0.2) is 53.6 Å². The molecule has 3 rings (SSSR count). The lowest BCUT2D eigenvalue weighted by Crippen LogP contribution is -2.30. The van der Waals surface area contributed by atoms with Gasteiger partial charge >= 0.3 is 0 Å². The highest BCUT2D eigenvalue weighted by atomic mass is 35.5. The minimum Gasteiger partial charge on any atom is -0.383 e. The van der Waals surface area contributed by atoms with E-state index in [-0.39, 0.29) is 12.3 Å². The maximum Gasteiger partial charge on any atom is 0.222 e. The van der Waals surface area contributed by atoms with Crippen molar-refractivity contribution in [3.63, 3.8) is 0 Å². The Morgan fingerprint density at radius 1 is 1.32 bits per heavy atom. The molecular formula is C23H27ClN4O3. The Morgan fingerprint density at radius 2 is 2.03 bits per heavy atom. The smallest absolute Gasteiger partial charge is 0.222 e. The molecule has 1 N–H and O–H groups in total. The van der Waals surface area contributed by atoms with Crippen molar-refractivity contribution in [1.82, 2.24) is 20.0 Å². The van der Waals surface area contributed by atoms with Crippen molar-refractivity contribution in [1.29, 1.82) is 0 Å². The molecule has 0 bridgehead atoms. The Hall–Kier alpha value is -2.90. The van der Waals surface area contributed by atoms with Crippen LogP contribution >= 0.6 is 11.6 Å². The lowest BCUT2D eigenvalue weighted by molar-refractivity contribution is -0.123. The number of amides is 1. The summed E-state index contributed by atoms with van der Waals surface area (Å²) in [5.74, 6) is -0.146. The molecule has 7 nitrogen and oxygen atoms in total. The average Bonchev–Trinajstić information content (AvgIpc) is 3.04. The molecule has 2 aromatic rings. The zero-order chi connectivity index (χ0) is 22.5. The molecule has 2 atom stereocenters. The monoisotopic (exact) mass is 442 g/mol. The number of fused-ring (bicyclic) bond motifs is 1. The largest absolute Gasteiger partial charge is 0.383 e. The number of nitrogens with zero attached hydrogens (tertiary/aromatic N) is 3. The number of rotatable bonds is 6. The normalized spacial score (nSPS) is 20.9. The van der Waals surface area contributed by atoms with E-state index in [1.54, 1.807) is 23.0 Å². The van der Waals surface area contributed by atoms with Gasteiger partial charge in [0.05, 0.1) is 24.4 Å². The molecule has 1 aromatic carbocycles. The third-order valence-corrected chi connectivity index (χ3v) is 5.29. The number of carbonyl (C=O) groups is 2. The predicted molar refractivity (Wildman–Crippen MR) is 120 cm³/mol. The standard InChI is InChI=1S/C23H27ClN4O3/c1-5-25-21(30)12-20-17(10-11-29)19(14-27(2)3)18-13-26-28(4)22(18)23(31-20)15-6-8-16(24)9-7-15/h6-11,13-14,20,23H,5,12H2,1-4H3,(H,25,30)/b17-10+,19-14+. The van der Waals surface area contributed by atoms with Crippen LogP contribution in [0.2, 0.25) is 5.02 Å². The van der Waals surface area contributed by atoms with Gasteiger partial charge in [-0.05, 0) is 36.3 Å².